The maximum atomic E-state index is 11.0. The lowest BCUT2D eigenvalue weighted by atomic mass is 10.2. The van der Waals surface area contributed by atoms with Gasteiger partial charge in [0.15, 0.2) is 5.75 Å². The lowest BCUT2D eigenvalue weighted by molar-refractivity contribution is 0.351. The van der Waals surface area contributed by atoms with Crippen LogP contribution in [-0.2, 0) is 5.11 Å². The van der Waals surface area contributed by atoms with Crippen LogP contribution in [0.4, 0.5) is 0 Å². The molecule has 0 N–H and O–H groups in total. The van der Waals surface area contributed by atoms with Crippen molar-refractivity contribution in [2.24, 2.45) is 0 Å². The molecule has 11 heavy (non-hydrogen) atoms. The third-order valence-electron chi connectivity index (χ3n) is 1.23. The van der Waals surface area contributed by atoms with E-state index in [9.17, 15) is 5.11 Å². The number of rotatable bonds is 1. The number of hydrogen-bond acceptors (Lipinski definition) is 0. The minimum Gasteiger partial charge on any atom is -0.289 e. The van der Waals surface area contributed by atoms with E-state index in [1.54, 1.807) is 12.1 Å². The van der Waals surface area contributed by atoms with Crippen molar-refractivity contribution in [1.29, 1.82) is 0 Å². The summed E-state index contributed by atoms with van der Waals surface area (Å²) in [7, 11) is 0. The summed E-state index contributed by atoms with van der Waals surface area (Å²) in [6.07, 6.45) is 0. The zero-order valence-corrected chi connectivity index (χ0v) is 7.62. The average Bonchev–Trinajstić information content (AvgIpc) is 1.85. The molecule has 1 aromatic carbocycles. The topological polar surface area (TPSA) is 19.9 Å². The van der Waals surface area contributed by atoms with E-state index in [0.29, 0.717) is 5.02 Å². The first-order valence-corrected chi connectivity index (χ1v) is 4.11. The summed E-state index contributed by atoms with van der Waals surface area (Å²) in [6.45, 7) is 0. The number of halogens is 3. The molecule has 0 heterocycles. The van der Waals surface area contributed by atoms with Gasteiger partial charge in [-0.15, -0.1) is 0 Å². The number of alkyl halides is 2. The van der Waals surface area contributed by atoms with Crippen molar-refractivity contribution in [3.05, 3.63) is 28.8 Å². The van der Waals surface area contributed by atoms with Crippen molar-refractivity contribution in [3.8, 4) is 5.75 Å². The van der Waals surface area contributed by atoms with Crippen LogP contribution < -0.4 is 0 Å². The van der Waals surface area contributed by atoms with Crippen LogP contribution in [-0.4, -0.2) is 0 Å². The Morgan fingerprint density at radius 1 is 1.27 bits per heavy atom. The predicted molar refractivity (Wildman–Crippen MR) is 46.0 cm³/mol. The first-order valence-electron chi connectivity index (χ1n) is 2.86. The summed E-state index contributed by atoms with van der Waals surface area (Å²) in [5.41, 5.74) is 0.248. The molecular formula is C7H4Cl3O. The van der Waals surface area contributed by atoms with E-state index >= 15 is 0 Å². The average molecular weight is 210 g/mol. The van der Waals surface area contributed by atoms with Crippen LogP contribution in [0.1, 0.15) is 10.4 Å². The van der Waals surface area contributed by atoms with Crippen LogP contribution in [0.25, 0.3) is 0 Å². The lowest BCUT2D eigenvalue weighted by Gasteiger charge is -2.03. The number of hydrogen-bond donors (Lipinski definition) is 0. The van der Waals surface area contributed by atoms with Gasteiger partial charge in [-0.2, -0.15) is 0 Å². The van der Waals surface area contributed by atoms with Gasteiger partial charge in [-0.1, -0.05) is 40.9 Å². The van der Waals surface area contributed by atoms with Crippen molar-refractivity contribution >= 4 is 34.8 Å². The molecular weight excluding hydrogens is 206 g/mol. The van der Waals surface area contributed by atoms with E-state index in [4.69, 9.17) is 34.8 Å². The Morgan fingerprint density at radius 3 is 2.27 bits per heavy atom. The molecule has 1 aromatic rings. The molecule has 0 amide bonds. The van der Waals surface area contributed by atoms with Crippen LogP contribution >= 0.6 is 34.8 Å². The van der Waals surface area contributed by atoms with Gasteiger partial charge in [0.2, 0.25) is 0 Å². The highest BCUT2D eigenvalue weighted by Gasteiger charge is 2.13. The highest BCUT2D eigenvalue weighted by atomic mass is 35.5. The molecule has 0 aliphatic carbocycles. The van der Waals surface area contributed by atoms with Gasteiger partial charge in [0.1, 0.15) is 4.84 Å². The second-order valence-electron chi connectivity index (χ2n) is 1.95. The molecule has 0 spiro atoms. The summed E-state index contributed by atoms with van der Waals surface area (Å²) in [6, 6.07) is 4.51. The third-order valence-corrected chi connectivity index (χ3v) is 2.00. The molecule has 1 radical (unpaired) electrons. The molecule has 1 nitrogen and oxygen atoms in total. The van der Waals surface area contributed by atoms with Gasteiger partial charge in [0.05, 0.1) is 10.6 Å². The Morgan fingerprint density at radius 2 is 1.91 bits per heavy atom. The standard InChI is InChI=1S/C7H4Cl3O/c8-4-2-1-3-5(11)6(4)7(9)10/h1-3,7H. The van der Waals surface area contributed by atoms with Crippen LogP contribution in [0.3, 0.4) is 0 Å². The molecule has 4 heteroatoms. The highest BCUT2D eigenvalue weighted by molar-refractivity contribution is 6.45. The lowest BCUT2D eigenvalue weighted by Crippen LogP contribution is -1.83. The zero-order chi connectivity index (χ0) is 8.43. The van der Waals surface area contributed by atoms with E-state index in [1.807, 2.05) is 0 Å². The summed E-state index contributed by atoms with van der Waals surface area (Å²) < 4.78 is 0. The predicted octanol–water partition coefficient (Wildman–Crippen LogP) is 3.96. The highest BCUT2D eigenvalue weighted by Crippen LogP contribution is 2.37. The smallest absolute Gasteiger partial charge is 0.186 e. The van der Waals surface area contributed by atoms with Crippen molar-refractivity contribution < 1.29 is 5.11 Å². The van der Waals surface area contributed by atoms with Crippen LogP contribution in [0, 0.1) is 0 Å². The largest absolute Gasteiger partial charge is 0.289 e. The van der Waals surface area contributed by atoms with Crippen LogP contribution in [0.2, 0.25) is 5.02 Å². The van der Waals surface area contributed by atoms with Crippen molar-refractivity contribution in [1.82, 2.24) is 0 Å². The fraction of sp³-hybridized carbons (Fsp3) is 0.143. The molecule has 0 aromatic heterocycles. The van der Waals surface area contributed by atoms with E-state index < -0.39 is 4.84 Å². The molecule has 0 fully saturated rings. The molecule has 0 unspecified atom stereocenters. The van der Waals surface area contributed by atoms with Gasteiger partial charge in [-0.3, -0.25) is 5.11 Å². The molecule has 0 saturated carbocycles. The molecule has 0 aliphatic heterocycles. The maximum absolute atomic E-state index is 11.0. The minimum atomic E-state index is -0.851. The fourth-order valence-electron chi connectivity index (χ4n) is 0.729. The summed E-state index contributed by atoms with van der Waals surface area (Å²) in [4.78, 5) is -0.851. The first kappa shape index (κ1) is 8.98. The summed E-state index contributed by atoms with van der Waals surface area (Å²) in [5, 5.41) is 11.3. The Bertz CT molecular complexity index is 240. The molecule has 0 bridgehead atoms. The normalized spacial score (nSPS) is 10.5. The Kier molecular flexibility index (Phi) is 2.88. The van der Waals surface area contributed by atoms with Crippen molar-refractivity contribution in [2.75, 3.05) is 0 Å². The van der Waals surface area contributed by atoms with Gasteiger partial charge in [-0.25, -0.2) is 0 Å². The molecule has 1 rings (SSSR count). The van der Waals surface area contributed by atoms with Gasteiger partial charge in [0.25, 0.3) is 0 Å². The van der Waals surface area contributed by atoms with Gasteiger partial charge < -0.3 is 0 Å². The fourth-order valence-corrected chi connectivity index (χ4v) is 1.57. The monoisotopic (exact) mass is 209 g/mol. The Hall–Kier alpha value is -0.110. The second-order valence-corrected chi connectivity index (χ2v) is 3.46. The summed E-state index contributed by atoms with van der Waals surface area (Å²) >= 11 is 16.6. The molecule has 0 saturated heterocycles. The minimum absolute atomic E-state index is 0.229. The SMILES string of the molecule is [O]c1cccc(Cl)c1C(Cl)Cl. The molecule has 59 valence electrons. The first-order chi connectivity index (χ1) is 5.13. The van der Waals surface area contributed by atoms with Gasteiger partial charge in [0, 0.05) is 0 Å². The van der Waals surface area contributed by atoms with E-state index in [1.165, 1.54) is 6.07 Å². The Labute approximate surface area is 79.5 Å². The second kappa shape index (κ2) is 3.53. The van der Waals surface area contributed by atoms with E-state index in [-0.39, 0.29) is 11.3 Å². The zero-order valence-electron chi connectivity index (χ0n) is 5.35. The Balaban J connectivity index is 3.21. The number of benzene rings is 1. The quantitative estimate of drug-likeness (QED) is 0.625. The van der Waals surface area contributed by atoms with Gasteiger partial charge >= 0.3 is 0 Å². The van der Waals surface area contributed by atoms with E-state index in [2.05, 4.69) is 0 Å². The van der Waals surface area contributed by atoms with Crippen LogP contribution in [0.15, 0.2) is 18.2 Å². The maximum Gasteiger partial charge on any atom is 0.186 e. The van der Waals surface area contributed by atoms with Crippen molar-refractivity contribution in [3.63, 3.8) is 0 Å². The molecule has 0 aliphatic rings. The van der Waals surface area contributed by atoms with Gasteiger partial charge in [-0.05, 0) is 12.1 Å². The summed E-state index contributed by atoms with van der Waals surface area (Å²) in [5.74, 6) is -0.229. The third kappa shape index (κ3) is 1.92. The molecule has 0 atom stereocenters. The van der Waals surface area contributed by atoms with Crippen LogP contribution in [0.5, 0.6) is 5.75 Å². The van der Waals surface area contributed by atoms with Crippen molar-refractivity contribution in [2.45, 2.75) is 4.84 Å². The van der Waals surface area contributed by atoms with E-state index in [0.717, 1.165) is 0 Å².